The zero-order valence-electron chi connectivity index (χ0n) is 21.0. The van der Waals surface area contributed by atoms with Crippen molar-refractivity contribution in [1.29, 1.82) is 0 Å². The van der Waals surface area contributed by atoms with Crippen LogP contribution in [0.25, 0.3) is 22.9 Å². The van der Waals surface area contributed by atoms with Gasteiger partial charge in [-0.15, -0.1) is 10.2 Å². The summed E-state index contributed by atoms with van der Waals surface area (Å²) in [6.45, 7) is 2.23. The summed E-state index contributed by atoms with van der Waals surface area (Å²) in [4.78, 5) is 22.8. The first-order valence-corrected chi connectivity index (χ1v) is 12.5. The maximum absolute atomic E-state index is 13.2. The fourth-order valence-corrected chi connectivity index (χ4v) is 4.03. The minimum absolute atomic E-state index is 0.0907. The SMILES string of the molecule is CCCC(Cc1ccc(-c2nnc(-c3ccc(F)cc3)o2)cc1)Nc1ccc(C(=O)NCCC(=O)O)cc1. The Morgan fingerprint density at radius 2 is 1.53 bits per heavy atom. The summed E-state index contributed by atoms with van der Waals surface area (Å²) in [6, 6.07) is 21.2. The lowest BCUT2D eigenvalue weighted by Gasteiger charge is -2.20. The number of carboxylic acids is 1. The van der Waals surface area contributed by atoms with E-state index in [-0.39, 0.29) is 30.7 Å². The number of anilines is 1. The van der Waals surface area contributed by atoms with Crippen LogP contribution in [0.5, 0.6) is 0 Å². The second-order valence-electron chi connectivity index (χ2n) is 8.93. The van der Waals surface area contributed by atoms with Gasteiger partial charge < -0.3 is 20.2 Å². The maximum Gasteiger partial charge on any atom is 0.305 e. The van der Waals surface area contributed by atoms with Crippen molar-refractivity contribution >= 4 is 17.6 Å². The topological polar surface area (TPSA) is 117 Å². The van der Waals surface area contributed by atoms with Gasteiger partial charge in [0, 0.05) is 35.0 Å². The molecule has 4 rings (SSSR count). The molecule has 0 aliphatic rings. The molecule has 38 heavy (non-hydrogen) atoms. The first-order chi connectivity index (χ1) is 18.4. The Hall–Kier alpha value is -4.53. The normalized spacial score (nSPS) is 11.6. The fourth-order valence-electron chi connectivity index (χ4n) is 4.03. The number of rotatable bonds is 12. The Kier molecular flexibility index (Phi) is 8.81. The average molecular weight is 517 g/mol. The molecule has 0 fully saturated rings. The number of carbonyl (C=O) groups excluding carboxylic acids is 1. The van der Waals surface area contributed by atoms with E-state index in [2.05, 4.69) is 27.8 Å². The van der Waals surface area contributed by atoms with Crippen LogP contribution in [0, 0.1) is 5.82 Å². The number of carboxylic acid groups (broad SMARTS) is 1. The first kappa shape index (κ1) is 26.5. The van der Waals surface area contributed by atoms with Crippen molar-refractivity contribution in [2.75, 3.05) is 11.9 Å². The van der Waals surface area contributed by atoms with Gasteiger partial charge in [0.1, 0.15) is 5.82 Å². The van der Waals surface area contributed by atoms with Crippen LogP contribution in [0.1, 0.15) is 42.1 Å². The van der Waals surface area contributed by atoms with Gasteiger partial charge in [-0.3, -0.25) is 9.59 Å². The molecular formula is C29H29FN4O4. The lowest BCUT2D eigenvalue weighted by Crippen LogP contribution is -2.26. The second kappa shape index (κ2) is 12.6. The van der Waals surface area contributed by atoms with Gasteiger partial charge in [-0.2, -0.15) is 0 Å². The van der Waals surface area contributed by atoms with E-state index in [4.69, 9.17) is 9.52 Å². The highest BCUT2D eigenvalue weighted by molar-refractivity contribution is 5.94. The summed E-state index contributed by atoms with van der Waals surface area (Å²) < 4.78 is 19.0. The number of carbonyl (C=O) groups is 2. The zero-order valence-corrected chi connectivity index (χ0v) is 21.0. The van der Waals surface area contributed by atoms with Crippen molar-refractivity contribution in [3.63, 3.8) is 0 Å². The molecule has 0 radical (unpaired) electrons. The largest absolute Gasteiger partial charge is 0.481 e. The average Bonchev–Trinajstić information content (AvgIpc) is 3.40. The van der Waals surface area contributed by atoms with E-state index >= 15 is 0 Å². The van der Waals surface area contributed by atoms with Crippen LogP contribution in [0.3, 0.4) is 0 Å². The second-order valence-corrected chi connectivity index (χ2v) is 8.93. The molecule has 0 saturated heterocycles. The predicted molar refractivity (Wildman–Crippen MR) is 142 cm³/mol. The van der Waals surface area contributed by atoms with Crippen molar-refractivity contribution < 1.29 is 23.5 Å². The molecule has 1 atom stereocenters. The minimum Gasteiger partial charge on any atom is -0.481 e. The summed E-state index contributed by atoms with van der Waals surface area (Å²) in [5.41, 5.74) is 3.98. The molecule has 1 amide bonds. The smallest absolute Gasteiger partial charge is 0.305 e. The summed E-state index contributed by atoms with van der Waals surface area (Å²) in [6.07, 6.45) is 2.66. The number of hydrogen-bond acceptors (Lipinski definition) is 6. The number of nitrogens with zero attached hydrogens (tertiary/aromatic N) is 2. The third-order valence-electron chi connectivity index (χ3n) is 5.98. The molecule has 0 bridgehead atoms. The molecule has 0 aliphatic carbocycles. The Balaban J connectivity index is 1.36. The fraction of sp³-hybridized carbons (Fsp3) is 0.241. The van der Waals surface area contributed by atoms with Gasteiger partial charge in [-0.1, -0.05) is 25.5 Å². The minimum atomic E-state index is -0.952. The summed E-state index contributed by atoms with van der Waals surface area (Å²) >= 11 is 0. The number of nitrogens with one attached hydrogen (secondary N) is 2. The molecule has 4 aromatic rings. The lowest BCUT2D eigenvalue weighted by atomic mass is 10.0. The van der Waals surface area contributed by atoms with Crippen LogP contribution in [0.2, 0.25) is 0 Å². The third kappa shape index (κ3) is 7.25. The molecule has 3 aromatic carbocycles. The highest BCUT2D eigenvalue weighted by atomic mass is 19.1. The van der Waals surface area contributed by atoms with Gasteiger partial charge in [0.05, 0.1) is 6.42 Å². The molecule has 1 aromatic heterocycles. The monoisotopic (exact) mass is 516 g/mol. The summed E-state index contributed by atoms with van der Waals surface area (Å²) in [7, 11) is 0. The van der Waals surface area contributed by atoms with E-state index in [1.54, 1.807) is 24.3 Å². The van der Waals surface area contributed by atoms with Gasteiger partial charge >= 0.3 is 5.97 Å². The van der Waals surface area contributed by atoms with E-state index < -0.39 is 5.97 Å². The van der Waals surface area contributed by atoms with Crippen LogP contribution < -0.4 is 10.6 Å². The van der Waals surface area contributed by atoms with Gasteiger partial charge in [-0.25, -0.2) is 4.39 Å². The Bertz CT molecular complexity index is 1350. The first-order valence-electron chi connectivity index (χ1n) is 12.5. The molecule has 196 valence electrons. The van der Waals surface area contributed by atoms with Gasteiger partial charge in [0.25, 0.3) is 5.91 Å². The van der Waals surface area contributed by atoms with Gasteiger partial charge in [-0.05, 0) is 79.1 Å². The predicted octanol–water partition coefficient (Wildman–Crippen LogP) is 5.57. The standard InChI is InChI=1S/C29H29FN4O4/c1-2-3-25(32-24-14-10-20(11-15-24)27(37)31-17-16-26(35)36)18-19-4-6-21(7-5-19)28-33-34-29(38-28)22-8-12-23(30)13-9-22/h4-15,25,32H,2-3,16-18H2,1H3,(H,31,37)(H,35,36). The van der Waals surface area contributed by atoms with Crippen LogP contribution in [-0.4, -0.2) is 39.8 Å². The molecule has 1 unspecified atom stereocenters. The molecule has 8 nitrogen and oxygen atoms in total. The quantitative estimate of drug-likeness (QED) is 0.225. The number of aliphatic carboxylic acids is 1. The zero-order chi connectivity index (χ0) is 26.9. The molecule has 0 spiro atoms. The van der Waals surface area contributed by atoms with E-state index in [1.165, 1.54) is 12.1 Å². The van der Waals surface area contributed by atoms with Crippen molar-refractivity contribution in [3.05, 3.63) is 89.7 Å². The summed E-state index contributed by atoms with van der Waals surface area (Å²) in [5.74, 6) is -0.846. The van der Waals surface area contributed by atoms with Crippen molar-refractivity contribution in [2.24, 2.45) is 0 Å². The highest BCUT2D eigenvalue weighted by Gasteiger charge is 2.13. The number of halogens is 1. The van der Waals surface area contributed by atoms with Crippen LogP contribution >= 0.6 is 0 Å². The Morgan fingerprint density at radius 1 is 0.921 bits per heavy atom. The molecular weight excluding hydrogens is 487 g/mol. The van der Waals surface area contributed by atoms with E-state index in [0.717, 1.165) is 36.1 Å². The number of hydrogen-bond donors (Lipinski definition) is 3. The summed E-state index contributed by atoms with van der Waals surface area (Å²) in [5, 5.41) is 23.1. The molecule has 3 N–H and O–H groups in total. The number of amides is 1. The lowest BCUT2D eigenvalue weighted by molar-refractivity contribution is -0.136. The van der Waals surface area contributed by atoms with Crippen molar-refractivity contribution in [2.45, 2.75) is 38.6 Å². The van der Waals surface area contributed by atoms with Gasteiger partial charge in [0.2, 0.25) is 11.8 Å². The van der Waals surface area contributed by atoms with E-state index in [1.807, 2.05) is 36.4 Å². The Labute approximate surface area is 219 Å². The van der Waals surface area contributed by atoms with Crippen molar-refractivity contribution in [1.82, 2.24) is 15.5 Å². The van der Waals surface area contributed by atoms with Crippen LogP contribution in [0.4, 0.5) is 10.1 Å². The molecule has 0 aliphatic heterocycles. The Morgan fingerprint density at radius 3 is 2.11 bits per heavy atom. The van der Waals surface area contributed by atoms with Crippen molar-refractivity contribution in [3.8, 4) is 22.9 Å². The molecule has 0 saturated carbocycles. The van der Waals surface area contributed by atoms with E-state index in [9.17, 15) is 14.0 Å². The third-order valence-corrected chi connectivity index (χ3v) is 5.98. The molecule has 9 heteroatoms. The maximum atomic E-state index is 13.2. The number of benzene rings is 3. The van der Waals surface area contributed by atoms with Gasteiger partial charge in [0.15, 0.2) is 0 Å². The van der Waals surface area contributed by atoms with E-state index in [0.29, 0.717) is 22.9 Å². The highest BCUT2D eigenvalue weighted by Crippen LogP contribution is 2.25. The van der Waals surface area contributed by atoms with Crippen LogP contribution in [0.15, 0.2) is 77.2 Å². The molecule has 1 heterocycles. The number of aromatic nitrogens is 2. The van der Waals surface area contributed by atoms with Crippen LogP contribution in [-0.2, 0) is 11.2 Å².